The molecule has 2 heterocycles. The molecule has 0 bridgehead atoms. The lowest BCUT2D eigenvalue weighted by atomic mass is 9.96. The molecule has 1 aliphatic heterocycles. The number of carbonyl (C=O) groups is 1. The number of aryl methyl sites for hydroxylation is 1. The van der Waals surface area contributed by atoms with Crippen LogP contribution in [0.3, 0.4) is 0 Å². The summed E-state index contributed by atoms with van der Waals surface area (Å²) in [5.74, 6) is 1.02. The zero-order valence-corrected chi connectivity index (χ0v) is 21.3. The summed E-state index contributed by atoms with van der Waals surface area (Å²) in [6.07, 6.45) is 0.519. The summed E-state index contributed by atoms with van der Waals surface area (Å²) in [5, 5.41) is 12.6. The fourth-order valence-electron chi connectivity index (χ4n) is 4.47. The Morgan fingerprint density at radius 1 is 0.914 bits per heavy atom. The van der Waals surface area contributed by atoms with Crippen LogP contribution in [0.5, 0.6) is 23.0 Å². The van der Waals surface area contributed by atoms with E-state index in [9.17, 15) is 14.9 Å². The molecule has 0 unspecified atom stereocenters. The van der Waals surface area contributed by atoms with Gasteiger partial charge in [-0.2, -0.15) is 0 Å². The van der Waals surface area contributed by atoms with Crippen LogP contribution < -0.4 is 18.9 Å². The van der Waals surface area contributed by atoms with Crippen molar-refractivity contribution in [2.24, 2.45) is 0 Å². The van der Waals surface area contributed by atoms with E-state index in [4.69, 9.17) is 23.7 Å². The highest BCUT2D eigenvalue weighted by Gasteiger charge is 2.40. The highest BCUT2D eigenvalue weighted by Crippen LogP contribution is 2.51. The van der Waals surface area contributed by atoms with E-state index < -0.39 is 10.9 Å². The minimum absolute atomic E-state index is 0.0718. The SMILES string of the molecule is COC(=O)c1c(-c2cc(OC)c(OC)cc2Br)c([N+](=O)[O-])c2n1CCc1cc(OC)c(OC)cc1-2. The quantitative estimate of drug-likeness (QED) is 0.234. The molecule has 2 aromatic carbocycles. The van der Waals surface area contributed by atoms with Crippen molar-refractivity contribution in [2.75, 3.05) is 35.5 Å². The Bertz CT molecular complexity index is 1350. The van der Waals surface area contributed by atoms with Crippen molar-refractivity contribution in [3.05, 3.63) is 50.1 Å². The maximum absolute atomic E-state index is 13.1. The molecule has 0 fully saturated rings. The van der Waals surface area contributed by atoms with Gasteiger partial charge in [-0.3, -0.25) is 10.1 Å². The molecule has 0 spiro atoms. The Kier molecular flexibility index (Phi) is 6.62. The number of methoxy groups -OCH3 is 5. The van der Waals surface area contributed by atoms with Gasteiger partial charge in [0.05, 0.1) is 46.0 Å². The van der Waals surface area contributed by atoms with E-state index in [1.165, 1.54) is 35.5 Å². The van der Waals surface area contributed by atoms with Gasteiger partial charge in [0.2, 0.25) is 0 Å². The van der Waals surface area contributed by atoms with Crippen LogP contribution in [0.2, 0.25) is 0 Å². The maximum Gasteiger partial charge on any atom is 0.355 e. The van der Waals surface area contributed by atoms with E-state index in [2.05, 4.69) is 15.9 Å². The number of carbonyl (C=O) groups excluding carboxylic acids is 1. The van der Waals surface area contributed by atoms with Gasteiger partial charge in [0.1, 0.15) is 11.4 Å². The molecule has 11 heteroatoms. The van der Waals surface area contributed by atoms with Crippen molar-refractivity contribution in [3.8, 4) is 45.4 Å². The van der Waals surface area contributed by atoms with Crippen LogP contribution in [0.15, 0.2) is 28.7 Å². The van der Waals surface area contributed by atoms with Gasteiger partial charge in [0.15, 0.2) is 23.0 Å². The van der Waals surface area contributed by atoms with Crippen LogP contribution >= 0.6 is 15.9 Å². The first kappa shape index (κ1) is 24.4. The Morgan fingerprint density at radius 3 is 2.00 bits per heavy atom. The van der Waals surface area contributed by atoms with Gasteiger partial charge in [0.25, 0.3) is 0 Å². The summed E-state index contributed by atoms with van der Waals surface area (Å²) in [6.45, 7) is 0.327. The molecule has 3 aromatic rings. The van der Waals surface area contributed by atoms with Gasteiger partial charge in [0, 0.05) is 22.1 Å². The second-order valence-corrected chi connectivity index (χ2v) is 8.48. The summed E-state index contributed by atoms with van der Waals surface area (Å²) in [4.78, 5) is 25.2. The van der Waals surface area contributed by atoms with Crippen LogP contribution in [0.4, 0.5) is 5.69 Å². The lowest BCUT2D eigenvalue weighted by Gasteiger charge is -2.22. The largest absolute Gasteiger partial charge is 0.493 e. The topological polar surface area (TPSA) is 111 Å². The van der Waals surface area contributed by atoms with Crippen molar-refractivity contribution < 1.29 is 33.4 Å². The van der Waals surface area contributed by atoms with Crippen LogP contribution in [0, 0.1) is 10.1 Å². The van der Waals surface area contributed by atoms with E-state index in [0.717, 1.165) is 5.56 Å². The van der Waals surface area contributed by atoms with Crippen molar-refractivity contribution in [2.45, 2.75) is 13.0 Å². The van der Waals surface area contributed by atoms with Gasteiger partial charge in [-0.1, -0.05) is 15.9 Å². The number of nitro groups is 1. The molecule has 0 saturated carbocycles. The molecule has 184 valence electrons. The number of halogens is 1. The highest BCUT2D eigenvalue weighted by molar-refractivity contribution is 9.10. The number of hydrogen-bond donors (Lipinski definition) is 0. The number of rotatable bonds is 7. The van der Waals surface area contributed by atoms with Crippen molar-refractivity contribution in [3.63, 3.8) is 0 Å². The predicted molar refractivity (Wildman–Crippen MR) is 131 cm³/mol. The smallest absolute Gasteiger partial charge is 0.355 e. The fourth-order valence-corrected chi connectivity index (χ4v) is 4.99. The van der Waals surface area contributed by atoms with Crippen LogP contribution in [-0.2, 0) is 17.7 Å². The van der Waals surface area contributed by atoms with Gasteiger partial charge in [-0.25, -0.2) is 4.79 Å². The molecule has 0 N–H and O–H groups in total. The Labute approximate surface area is 209 Å². The lowest BCUT2D eigenvalue weighted by molar-refractivity contribution is -0.383. The summed E-state index contributed by atoms with van der Waals surface area (Å²) < 4.78 is 28.8. The molecular formula is C24H23BrN2O8. The second kappa shape index (κ2) is 9.49. The molecule has 0 amide bonds. The molecule has 0 radical (unpaired) electrons. The van der Waals surface area contributed by atoms with Crippen LogP contribution in [0.1, 0.15) is 16.1 Å². The average molecular weight is 547 g/mol. The summed E-state index contributed by atoms with van der Waals surface area (Å²) in [6, 6.07) is 6.73. The predicted octanol–water partition coefficient (Wildman–Crippen LogP) is 4.87. The first-order valence-electron chi connectivity index (χ1n) is 10.5. The number of benzene rings is 2. The first-order valence-corrected chi connectivity index (χ1v) is 11.3. The number of hydrogen-bond acceptors (Lipinski definition) is 8. The third kappa shape index (κ3) is 3.85. The summed E-state index contributed by atoms with van der Waals surface area (Å²) in [5.41, 5.74) is 2.05. The molecule has 4 rings (SSSR count). The standard InChI is InChI=1S/C24H23BrN2O8/c1-31-16-8-12-6-7-26-21(13(12)9-17(16)32-2)22(27(29)30)20(23(26)24(28)35-5)14-10-18(33-3)19(34-4)11-15(14)25/h8-11H,6-7H2,1-5H3. The zero-order chi connectivity index (χ0) is 25.4. The van der Waals surface area contributed by atoms with Crippen molar-refractivity contribution in [1.29, 1.82) is 0 Å². The van der Waals surface area contributed by atoms with E-state index in [1.54, 1.807) is 28.8 Å². The molecule has 1 aliphatic rings. The van der Waals surface area contributed by atoms with Gasteiger partial charge < -0.3 is 28.3 Å². The number of esters is 1. The zero-order valence-electron chi connectivity index (χ0n) is 19.8. The minimum atomic E-state index is -0.694. The van der Waals surface area contributed by atoms with Crippen molar-refractivity contribution >= 4 is 27.6 Å². The van der Waals surface area contributed by atoms with Gasteiger partial charge in [-0.05, 0) is 36.2 Å². The number of ether oxygens (including phenoxy) is 5. The van der Waals surface area contributed by atoms with Gasteiger partial charge in [-0.15, -0.1) is 0 Å². The number of fused-ring (bicyclic) bond motifs is 3. The number of aromatic nitrogens is 1. The van der Waals surface area contributed by atoms with Crippen LogP contribution in [-0.4, -0.2) is 51.0 Å². The van der Waals surface area contributed by atoms with Crippen molar-refractivity contribution in [1.82, 2.24) is 4.57 Å². The van der Waals surface area contributed by atoms with Gasteiger partial charge >= 0.3 is 11.7 Å². The third-order valence-electron chi connectivity index (χ3n) is 6.01. The molecule has 1 aromatic heterocycles. The number of nitrogens with zero attached hydrogens (tertiary/aromatic N) is 2. The normalized spacial score (nSPS) is 11.8. The minimum Gasteiger partial charge on any atom is -0.493 e. The average Bonchev–Trinajstić information content (AvgIpc) is 3.22. The maximum atomic E-state index is 13.1. The van der Waals surface area contributed by atoms with E-state index in [0.29, 0.717) is 51.6 Å². The van der Waals surface area contributed by atoms with E-state index >= 15 is 0 Å². The monoisotopic (exact) mass is 546 g/mol. The Hall–Kier alpha value is -3.73. The van der Waals surface area contributed by atoms with Crippen LogP contribution in [0.25, 0.3) is 22.4 Å². The summed E-state index contributed by atoms with van der Waals surface area (Å²) in [7, 11) is 7.22. The molecule has 0 aliphatic carbocycles. The molecule has 35 heavy (non-hydrogen) atoms. The molecule has 0 saturated heterocycles. The summed E-state index contributed by atoms with van der Waals surface area (Å²) >= 11 is 3.49. The lowest BCUT2D eigenvalue weighted by Crippen LogP contribution is -2.17. The molecule has 10 nitrogen and oxygen atoms in total. The van der Waals surface area contributed by atoms with E-state index in [-0.39, 0.29) is 22.6 Å². The fraction of sp³-hybridized carbons (Fsp3) is 0.292. The second-order valence-electron chi connectivity index (χ2n) is 7.62. The molecular weight excluding hydrogens is 524 g/mol. The highest BCUT2D eigenvalue weighted by atomic mass is 79.9. The Balaban J connectivity index is 2.15. The Morgan fingerprint density at radius 2 is 1.46 bits per heavy atom. The third-order valence-corrected chi connectivity index (χ3v) is 6.67. The first-order chi connectivity index (χ1) is 16.8. The molecule has 0 atom stereocenters. The van der Waals surface area contributed by atoms with E-state index in [1.807, 2.05) is 0 Å².